The normalized spacial score (nSPS) is 18.3. The molecule has 0 radical (unpaired) electrons. The second-order valence-electron chi connectivity index (χ2n) is 10.4. The Hall–Kier alpha value is -3.61. The molecule has 5 rings (SSSR count). The molecule has 2 aliphatic rings. The smallest absolute Gasteiger partial charge is 0.245 e. The molecule has 188 valence electrons. The number of likely N-dealkylation sites (N-methyl/N-ethyl adjacent to an activating group) is 1. The molecule has 1 saturated heterocycles. The largest absolute Gasteiger partial charge is 0.366 e. The number of halogens is 1. The number of benzene rings is 2. The average molecular weight is 489 g/mol. The maximum absolute atomic E-state index is 13.9. The molecule has 2 amide bonds. The lowest BCUT2D eigenvalue weighted by molar-refractivity contribution is -0.133. The molecule has 0 spiro atoms. The van der Waals surface area contributed by atoms with Crippen molar-refractivity contribution in [2.24, 2.45) is 0 Å². The van der Waals surface area contributed by atoms with Gasteiger partial charge < -0.3 is 19.7 Å². The van der Waals surface area contributed by atoms with Crippen molar-refractivity contribution in [3.8, 4) is 0 Å². The summed E-state index contributed by atoms with van der Waals surface area (Å²) in [6.45, 7) is 5.13. The number of anilines is 2. The fourth-order valence-electron chi connectivity index (χ4n) is 5.65. The minimum atomic E-state index is -0.543. The van der Waals surface area contributed by atoms with Crippen molar-refractivity contribution in [2.75, 3.05) is 29.9 Å². The van der Waals surface area contributed by atoms with Gasteiger partial charge in [0.05, 0.1) is 11.1 Å². The third-order valence-electron chi connectivity index (χ3n) is 7.79. The Balaban J connectivity index is 1.33. The molecule has 36 heavy (non-hydrogen) atoms. The number of aromatic nitrogens is 1. The summed E-state index contributed by atoms with van der Waals surface area (Å²) in [5.41, 5.74) is 3.21. The average Bonchev–Trinajstić information content (AvgIpc) is 3.48. The highest BCUT2D eigenvalue weighted by atomic mass is 19.1. The fourth-order valence-corrected chi connectivity index (χ4v) is 5.65. The van der Waals surface area contributed by atoms with Crippen molar-refractivity contribution >= 4 is 23.2 Å². The predicted molar refractivity (Wildman–Crippen MR) is 140 cm³/mol. The third kappa shape index (κ3) is 4.27. The lowest BCUT2D eigenvalue weighted by Crippen LogP contribution is -2.54. The number of amides is 2. The maximum atomic E-state index is 13.9. The zero-order chi connectivity index (χ0) is 25.4. The van der Waals surface area contributed by atoms with Gasteiger partial charge >= 0.3 is 0 Å². The number of rotatable bonds is 6. The quantitative estimate of drug-likeness (QED) is 0.555. The van der Waals surface area contributed by atoms with E-state index in [1.807, 2.05) is 84.4 Å². The predicted octanol–water partition coefficient (Wildman–Crippen LogP) is 4.52. The number of carbonyl (C=O) groups is 2. The number of likely N-dealkylation sites (tertiary alicyclic amines) is 1. The summed E-state index contributed by atoms with van der Waals surface area (Å²) in [5, 5.41) is 0. The molecule has 6 nitrogen and oxygen atoms in total. The van der Waals surface area contributed by atoms with E-state index < -0.39 is 11.5 Å². The van der Waals surface area contributed by atoms with Crippen molar-refractivity contribution < 1.29 is 14.0 Å². The van der Waals surface area contributed by atoms with Crippen LogP contribution >= 0.6 is 0 Å². The highest BCUT2D eigenvalue weighted by Gasteiger charge is 2.47. The van der Waals surface area contributed by atoms with Gasteiger partial charge in [0.1, 0.15) is 11.9 Å². The molecule has 0 unspecified atom stereocenters. The fraction of sp³-hybridized carbons (Fsp3) is 0.379. The first-order chi connectivity index (χ1) is 17.3. The highest BCUT2D eigenvalue weighted by molar-refractivity contribution is 6.08. The number of nitrogens with one attached hydrogen (secondary N) is 1. The number of hydrogen-bond acceptors (Lipinski definition) is 3. The van der Waals surface area contributed by atoms with Crippen LogP contribution in [-0.2, 0) is 21.4 Å². The molecule has 1 aromatic heterocycles. The maximum Gasteiger partial charge on any atom is 0.245 e. The molecule has 2 aromatic carbocycles. The molecule has 1 fully saturated rings. The summed E-state index contributed by atoms with van der Waals surface area (Å²) < 4.78 is 13.9. The van der Waals surface area contributed by atoms with Crippen molar-refractivity contribution in [1.29, 1.82) is 0 Å². The van der Waals surface area contributed by atoms with Gasteiger partial charge in [-0.2, -0.15) is 0 Å². The van der Waals surface area contributed by atoms with E-state index in [2.05, 4.69) is 4.98 Å². The van der Waals surface area contributed by atoms with Crippen LogP contribution in [0.4, 0.5) is 15.8 Å². The number of hydrogen-bond donors (Lipinski definition) is 1. The summed E-state index contributed by atoms with van der Waals surface area (Å²) in [6, 6.07) is 16.0. The number of H-pyrrole nitrogens is 1. The number of fused-ring (bicyclic) bond motifs is 1. The second kappa shape index (κ2) is 9.45. The molecular formula is C29H33FN4O2. The number of carbonyl (C=O) groups excluding carboxylic acids is 2. The summed E-state index contributed by atoms with van der Waals surface area (Å²) in [6.07, 6.45) is 5.54. The van der Waals surface area contributed by atoms with E-state index in [0.717, 1.165) is 35.3 Å². The zero-order valence-electron chi connectivity index (χ0n) is 21.1. The van der Waals surface area contributed by atoms with E-state index in [0.29, 0.717) is 19.5 Å². The Morgan fingerprint density at radius 3 is 2.58 bits per heavy atom. The number of aromatic amines is 1. The van der Waals surface area contributed by atoms with Gasteiger partial charge in [-0.1, -0.05) is 30.3 Å². The van der Waals surface area contributed by atoms with Crippen LogP contribution in [0.25, 0.3) is 0 Å². The van der Waals surface area contributed by atoms with E-state index in [1.54, 1.807) is 6.07 Å². The zero-order valence-corrected chi connectivity index (χ0v) is 21.1. The number of para-hydroxylation sites is 1. The molecular weight excluding hydrogens is 455 g/mol. The van der Waals surface area contributed by atoms with Crippen LogP contribution in [0.15, 0.2) is 67.0 Å². The lowest BCUT2D eigenvalue weighted by Gasteiger charge is -2.40. The molecule has 0 aliphatic carbocycles. The van der Waals surface area contributed by atoms with Gasteiger partial charge in [-0.05, 0) is 62.1 Å². The summed E-state index contributed by atoms with van der Waals surface area (Å²) in [4.78, 5) is 36.1. The van der Waals surface area contributed by atoms with Gasteiger partial charge in [-0.3, -0.25) is 9.59 Å². The molecule has 1 atom stereocenters. The van der Waals surface area contributed by atoms with Gasteiger partial charge in [0, 0.05) is 50.7 Å². The summed E-state index contributed by atoms with van der Waals surface area (Å²) in [7, 11) is 1.90. The van der Waals surface area contributed by atoms with Crippen LogP contribution in [0.1, 0.15) is 37.8 Å². The summed E-state index contributed by atoms with van der Waals surface area (Å²) in [5.74, 6) is -0.151. The van der Waals surface area contributed by atoms with Gasteiger partial charge in [0.2, 0.25) is 11.8 Å². The molecule has 3 heterocycles. The van der Waals surface area contributed by atoms with Crippen molar-refractivity contribution in [3.05, 3.63) is 83.9 Å². The minimum Gasteiger partial charge on any atom is -0.366 e. The third-order valence-corrected chi connectivity index (χ3v) is 7.79. The van der Waals surface area contributed by atoms with Crippen LogP contribution < -0.4 is 9.80 Å². The van der Waals surface area contributed by atoms with Crippen molar-refractivity contribution in [3.63, 3.8) is 0 Å². The number of piperidine rings is 1. The van der Waals surface area contributed by atoms with Gasteiger partial charge in [-0.15, -0.1) is 0 Å². The first-order valence-corrected chi connectivity index (χ1v) is 12.6. The molecule has 3 aromatic rings. The topological polar surface area (TPSA) is 59.7 Å². The van der Waals surface area contributed by atoms with Crippen LogP contribution in [-0.4, -0.2) is 53.9 Å². The van der Waals surface area contributed by atoms with E-state index in [9.17, 15) is 14.0 Å². The van der Waals surface area contributed by atoms with Crippen molar-refractivity contribution in [1.82, 2.24) is 9.88 Å². The molecule has 2 aliphatic heterocycles. The monoisotopic (exact) mass is 488 g/mol. The highest BCUT2D eigenvalue weighted by Crippen LogP contribution is 2.43. The van der Waals surface area contributed by atoms with E-state index in [1.165, 1.54) is 12.1 Å². The minimum absolute atomic E-state index is 0.0230. The van der Waals surface area contributed by atoms with Crippen LogP contribution in [0.2, 0.25) is 0 Å². The number of nitrogens with zero attached hydrogens (tertiary/aromatic N) is 3. The van der Waals surface area contributed by atoms with E-state index in [-0.39, 0.29) is 23.7 Å². The molecule has 0 bridgehead atoms. The van der Waals surface area contributed by atoms with E-state index >= 15 is 0 Å². The van der Waals surface area contributed by atoms with Crippen LogP contribution in [0.5, 0.6) is 0 Å². The van der Waals surface area contributed by atoms with E-state index in [4.69, 9.17) is 0 Å². The van der Waals surface area contributed by atoms with Gasteiger partial charge in [0.25, 0.3) is 0 Å². The summed E-state index contributed by atoms with van der Waals surface area (Å²) >= 11 is 0. The Morgan fingerprint density at radius 1 is 1.14 bits per heavy atom. The first kappa shape index (κ1) is 24.1. The Labute approximate surface area is 211 Å². The second-order valence-corrected chi connectivity index (χ2v) is 10.4. The lowest BCUT2D eigenvalue weighted by atomic mass is 9.86. The molecule has 1 N–H and O–H groups in total. The molecule has 0 saturated carbocycles. The van der Waals surface area contributed by atoms with Crippen LogP contribution in [0, 0.1) is 5.82 Å². The van der Waals surface area contributed by atoms with Gasteiger partial charge in [-0.25, -0.2) is 4.39 Å². The Bertz CT molecular complexity index is 1250. The standard InChI is InChI=1S/C29H33FN4O2/c1-29(2)24-9-4-5-10-25(24)34(28(29)36)22-12-15-33(16-13-22)27(35)26(32(3)23-11-14-31-19-23)18-20-7-6-8-21(30)17-20/h4-11,14,17,19,22,26,31H,12-13,15-16,18H2,1-3H3/t26-/m0/s1. The van der Waals surface area contributed by atoms with Gasteiger partial charge in [0.15, 0.2) is 0 Å². The van der Waals surface area contributed by atoms with Crippen molar-refractivity contribution in [2.45, 2.75) is 50.6 Å². The SMILES string of the molecule is CN(c1cc[nH]c1)[C@@H](Cc1cccc(F)c1)C(=O)N1CCC(N2C(=O)C(C)(C)c3ccccc32)CC1. The molecule has 7 heteroatoms. The van der Waals surface area contributed by atoms with Crippen LogP contribution in [0.3, 0.4) is 0 Å². The Morgan fingerprint density at radius 2 is 1.89 bits per heavy atom. The first-order valence-electron chi connectivity index (χ1n) is 12.6. The Kier molecular flexibility index (Phi) is 6.33.